The van der Waals surface area contributed by atoms with Crippen LogP contribution < -0.4 is 9.64 Å². The first kappa shape index (κ1) is 17.9. The highest BCUT2D eigenvalue weighted by Crippen LogP contribution is 2.25. The van der Waals surface area contributed by atoms with Crippen LogP contribution in [0.1, 0.15) is 23.2 Å². The summed E-state index contributed by atoms with van der Waals surface area (Å²) in [5.74, 6) is 0.498. The molecule has 1 aromatic carbocycles. The monoisotopic (exact) mass is 393 g/mol. The average molecular weight is 393 g/mol. The summed E-state index contributed by atoms with van der Waals surface area (Å²) in [6.45, 7) is 3.01. The zero-order valence-electron chi connectivity index (χ0n) is 14.6. The SMILES string of the molecule is CC(=O)c1nn(-c2ccc(OC(F)(F)F)cc2)nc1N1CCn2cnnc2C1. The number of aromatic nitrogens is 6. The number of rotatable bonds is 4. The number of anilines is 1. The molecule has 146 valence electrons. The van der Waals surface area contributed by atoms with Crippen LogP contribution in [-0.2, 0) is 13.1 Å². The molecule has 28 heavy (non-hydrogen) atoms. The Balaban J connectivity index is 1.63. The Morgan fingerprint density at radius 3 is 2.57 bits per heavy atom. The highest BCUT2D eigenvalue weighted by molar-refractivity contribution is 5.96. The third kappa shape index (κ3) is 3.52. The van der Waals surface area contributed by atoms with E-state index in [-0.39, 0.29) is 17.2 Å². The molecule has 3 heterocycles. The van der Waals surface area contributed by atoms with Crippen LogP contribution in [0.2, 0.25) is 0 Å². The van der Waals surface area contributed by atoms with Gasteiger partial charge in [0.05, 0.1) is 12.2 Å². The van der Waals surface area contributed by atoms with Gasteiger partial charge in [-0.1, -0.05) is 0 Å². The van der Waals surface area contributed by atoms with Crippen LogP contribution in [0.5, 0.6) is 5.75 Å². The van der Waals surface area contributed by atoms with E-state index in [0.29, 0.717) is 31.1 Å². The molecule has 0 saturated heterocycles. The number of carbonyl (C=O) groups is 1. The number of hydrogen-bond donors (Lipinski definition) is 0. The van der Waals surface area contributed by atoms with Crippen LogP contribution in [0.4, 0.5) is 19.0 Å². The summed E-state index contributed by atoms with van der Waals surface area (Å²) >= 11 is 0. The Hall–Kier alpha value is -3.44. The van der Waals surface area contributed by atoms with Crippen molar-refractivity contribution in [2.24, 2.45) is 0 Å². The topological polar surface area (TPSA) is 91.0 Å². The second-order valence-corrected chi connectivity index (χ2v) is 6.12. The molecule has 0 bridgehead atoms. The molecule has 1 aliphatic rings. The summed E-state index contributed by atoms with van der Waals surface area (Å²) in [6.07, 6.45) is -3.13. The predicted molar refractivity (Wildman–Crippen MR) is 89.1 cm³/mol. The van der Waals surface area contributed by atoms with Gasteiger partial charge in [0.1, 0.15) is 12.1 Å². The molecule has 0 atom stereocenters. The summed E-state index contributed by atoms with van der Waals surface area (Å²) in [5.41, 5.74) is 0.562. The lowest BCUT2D eigenvalue weighted by Gasteiger charge is -2.27. The van der Waals surface area contributed by atoms with Crippen molar-refractivity contribution in [1.29, 1.82) is 0 Å². The highest BCUT2D eigenvalue weighted by atomic mass is 19.4. The smallest absolute Gasteiger partial charge is 0.406 e. The van der Waals surface area contributed by atoms with Crippen LogP contribution >= 0.6 is 0 Å². The van der Waals surface area contributed by atoms with E-state index < -0.39 is 6.36 Å². The van der Waals surface area contributed by atoms with E-state index in [1.54, 1.807) is 6.33 Å². The number of halogens is 3. The molecular formula is C16H14F3N7O2. The number of alkyl halides is 3. The Labute approximate surface area is 156 Å². The van der Waals surface area contributed by atoms with Crippen molar-refractivity contribution in [3.05, 3.63) is 42.1 Å². The van der Waals surface area contributed by atoms with Crippen molar-refractivity contribution < 1.29 is 22.7 Å². The van der Waals surface area contributed by atoms with Crippen molar-refractivity contribution in [2.45, 2.75) is 26.4 Å². The zero-order valence-corrected chi connectivity index (χ0v) is 14.6. The fourth-order valence-corrected chi connectivity index (χ4v) is 2.88. The maximum atomic E-state index is 12.3. The summed E-state index contributed by atoms with van der Waals surface area (Å²) in [7, 11) is 0. The van der Waals surface area contributed by atoms with Crippen LogP contribution in [0, 0.1) is 0 Å². The average Bonchev–Trinajstić information content (AvgIpc) is 3.27. The van der Waals surface area contributed by atoms with E-state index in [9.17, 15) is 18.0 Å². The zero-order chi connectivity index (χ0) is 19.9. The summed E-state index contributed by atoms with van der Waals surface area (Å²) in [5, 5.41) is 16.5. The van der Waals surface area contributed by atoms with E-state index in [1.165, 1.54) is 23.9 Å². The van der Waals surface area contributed by atoms with E-state index in [2.05, 4.69) is 25.1 Å². The molecule has 1 aliphatic heterocycles. The van der Waals surface area contributed by atoms with Gasteiger partial charge in [-0.3, -0.25) is 4.79 Å². The fraction of sp³-hybridized carbons (Fsp3) is 0.312. The van der Waals surface area contributed by atoms with Gasteiger partial charge in [0.15, 0.2) is 23.1 Å². The number of nitrogens with zero attached hydrogens (tertiary/aromatic N) is 7. The van der Waals surface area contributed by atoms with Crippen molar-refractivity contribution in [2.75, 3.05) is 11.4 Å². The van der Waals surface area contributed by atoms with Crippen molar-refractivity contribution >= 4 is 11.6 Å². The molecule has 0 amide bonds. The molecule has 12 heteroatoms. The Morgan fingerprint density at radius 2 is 1.89 bits per heavy atom. The molecule has 0 saturated carbocycles. The second kappa shape index (κ2) is 6.62. The van der Waals surface area contributed by atoms with Crippen LogP contribution in [-0.4, -0.2) is 48.4 Å². The van der Waals surface area contributed by atoms with Gasteiger partial charge in [0, 0.05) is 20.0 Å². The quantitative estimate of drug-likeness (QED) is 0.626. The molecule has 3 aromatic rings. The number of carbonyl (C=O) groups excluding carboxylic acids is 1. The van der Waals surface area contributed by atoms with E-state index in [0.717, 1.165) is 18.0 Å². The fourth-order valence-electron chi connectivity index (χ4n) is 2.88. The third-order valence-electron chi connectivity index (χ3n) is 4.17. The predicted octanol–water partition coefficient (Wildman–Crippen LogP) is 1.98. The number of ketones is 1. The maximum absolute atomic E-state index is 12.3. The molecule has 0 N–H and O–H groups in total. The largest absolute Gasteiger partial charge is 0.573 e. The third-order valence-corrected chi connectivity index (χ3v) is 4.17. The van der Waals surface area contributed by atoms with Gasteiger partial charge in [-0.05, 0) is 24.3 Å². The van der Waals surface area contributed by atoms with Gasteiger partial charge in [-0.25, -0.2) is 0 Å². The lowest BCUT2D eigenvalue weighted by atomic mass is 10.2. The minimum atomic E-state index is -4.77. The van der Waals surface area contributed by atoms with Gasteiger partial charge in [-0.2, -0.15) is 0 Å². The van der Waals surface area contributed by atoms with Crippen molar-refractivity contribution in [1.82, 2.24) is 29.8 Å². The number of ether oxygens (including phenoxy) is 1. The standard InChI is InChI=1S/C16H14F3N7O2/c1-10(27)14-15(24-6-7-25-9-20-21-13(25)8-24)23-26(22-14)11-2-4-12(5-3-11)28-16(17,18)19/h2-5,9H,6-8H2,1H3. The van der Waals surface area contributed by atoms with Crippen LogP contribution in [0.25, 0.3) is 5.69 Å². The van der Waals surface area contributed by atoms with Gasteiger partial charge >= 0.3 is 6.36 Å². The van der Waals surface area contributed by atoms with Crippen LogP contribution in [0.15, 0.2) is 30.6 Å². The first-order chi connectivity index (χ1) is 13.3. The number of benzene rings is 1. The Morgan fingerprint density at radius 1 is 1.14 bits per heavy atom. The number of Topliss-reactive ketones (excluding diaryl/α,β-unsaturated/α-hetero) is 1. The van der Waals surface area contributed by atoms with Gasteiger partial charge in [0.2, 0.25) is 0 Å². The first-order valence-corrected chi connectivity index (χ1v) is 8.26. The molecule has 0 aliphatic carbocycles. The second-order valence-electron chi connectivity index (χ2n) is 6.12. The molecule has 2 aromatic heterocycles. The minimum absolute atomic E-state index is 0.170. The van der Waals surface area contributed by atoms with Crippen LogP contribution in [0.3, 0.4) is 0 Å². The Bertz CT molecular complexity index is 1010. The Kier molecular flexibility index (Phi) is 4.24. The highest BCUT2D eigenvalue weighted by Gasteiger charge is 2.31. The number of hydrogen-bond acceptors (Lipinski definition) is 7. The summed E-state index contributed by atoms with van der Waals surface area (Å²) in [4.78, 5) is 15.1. The molecule has 0 spiro atoms. The summed E-state index contributed by atoms with van der Waals surface area (Å²) in [6, 6.07) is 5.06. The van der Waals surface area contributed by atoms with Crippen molar-refractivity contribution in [3.63, 3.8) is 0 Å². The molecule has 9 nitrogen and oxygen atoms in total. The molecular weight excluding hydrogens is 379 g/mol. The first-order valence-electron chi connectivity index (χ1n) is 8.26. The molecule has 0 fully saturated rings. The summed E-state index contributed by atoms with van der Waals surface area (Å²) < 4.78 is 42.6. The normalized spacial score (nSPS) is 14.1. The van der Waals surface area contributed by atoms with Gasteiger partial charge < -0.3 is 14.2 Å². The van der Waals surface area contributed by atoms with E-state index in [1.807, 2.05) is 9.47 Å². The minimum Gasteiger partial charge on any atom is -0.406 e. The van der Waals surface area contributed by atoms with E-state index in [4.69, 9.17) is 0 Å². The number of fused-ring (bicyclic) bond motifs is 1. The molecule has 0 radical (unpaired) electrons. The molecule has 4 rings (SSSR count). The van der Waals surface area contributed by atoms with Crippen molar-refractivity contribution in [3.8, 4) is 11.4 Å². The van der Waals surface area contributed by atoms with Gasteiger partial charge in [0.25, 0.3) is 0 Å². The maximum Gasteiger partial charge on any atom is 0.573 e. The lowest BCUT2D eigenvalue weighted by molar-refractivity contribution is -0.274. The molecule has 0 unspecified atom stereocenters. The lowest BCUT2D eigenvalue weighted by Crippen LogP contribution is -2.34. The van der Waals surface area contributed by atoms with E-state index >= 15 is 0 Å². The van der Waals surface area contributed by atoms with Gasteiger partial charge in [-0.15, -0.1) is 38.4 Å².